The number of nitrogens with zero attached hydrogens (tertiary/aromatic N) is 1. The lowest BCUT2D eigenvalue weighted by atomic mass is 10.2. The fourth-order valence-electron chi connectivity index (χ4n) is 1.51. The zero-order valence-electron chi connectivity index (χ0n) is 9.34. The monoisotopic (exact) mass is 326 g/mol. The topological polar surface area (TPSA) is 76.2 Å². The van der Waals surface area contributed by atoms with Gasteiger partial charge in [0.1, 0.15) is 5.01 Å². The summed E-state index contributed by atoms with van der Waals surface area (Å²) in [7, 11) is 0. The first-order valence-corrected chi connectivity index (χ1v) is 6.93. The number of hydrogen-bond acceptors (Lipinski definition) is 4. The second-order valence-corrected chi connectivity index (χ2v) is 5.47. The van der Waals surface area contributed by atoms with Crippen LogP contribution in [0.5, 0.6) is 0 Å². The summed E-state index contributed by atoms with van der Waals surface area (Å²) in [5.41, 5.74) is 7.38. The van der Waals surface area contributed by atoms with Crippen LogP contribution in [0.25, 0.3) is 10.6 Å². The van der Waals surface area contributed by atoms with E-state index in [1.165, 1.54) is 11.3 Å². The molecular formula is C12H11BrN2O2S. The summed E-state index contributed by atoms with van der Waals surface area (Å²) >= 11 is 4.92. The van der Waals surface area contributed by atoms with Gasteiger partial charge in [-0.1, -0.05) is 34.1 Å². The van der Waals surface area contributed by atoms with E-state index in [-0.39, 0.29) is 6.42 Å². The average Bonchev–Trinajstić information content (AvgIpc) is 2.78. The van der Waals surface area contributed by atoms with E-state index in [1.54, 1.807) is 0 Å². The molecule has 0 fully saturated rings. The number of halogens is 1. The maximum Gasteiger partial charge on any atom is 0.305 e. The number of benzene rings is 1. The highest BCUT2D eigenvalue weighted by Gasteiger charge is 2.15. The summed E-state index contributed by atoms with van der Waals surface area (Å²) in [6, 6.07) is 7.19. The minimum atomic E-state index is -0.919. The molecule has 0 saturated carbocycles. The van der Waals surface area contributed by atoms with Gasteiger partial charge in [-0.2, -0.15) is 0 Å². The lowest BCUT2D eigenvalue weighted by molar-refractivity contribution is -0.137. The SMILES string of the molecule is NC(CC(=O)O)c1csc(-c2ccccc2Br)n1. The fraction of sp³-hybridized carbons (Fsp3) is 0.167. The summed E-state index contributed by atoms with van der Waals surface area (Å²) < 4.78 is 0.956. The second kappa shape index (κ2) is 5.60. The molecule has 6 heteroatoms. The smallest absolute Gasteiger partial charge is 0.305 e. The Morgan fingerprint density at radius 3 is 2.89 bits per heavy atom. The van der Waals surface area contributed by atoms with Crippen LogP contribution in [0.2, 0.25) is 0 Å². The van der Waals surface area contributed by atoms with Crippen LogP contribution >= 0.6 is 27.3 Å². The molecule has 1 unspecified atom stereocenters. The van der Waals surface area contributed by atoms with Crippen LogP contribution in [0, 0.1) is 0 Å². The molecule has 2 aromatic rings. The molecule has 0 spiro atoms. The Hall–Kier alpha value is -1.24. The van der Waals surface area contributed by atoms with Gasteiger partial charge in [0.05, 0.1) is 18.2 Å². The molecule has 4 nitrogen and oxygen atoms in total. The van der Waals surface area contributed by atoms with Gasteiger partial charge in [0.15, 0.2) is 0 Å². The third-order valence-electron chi connectivity index (χ3n) is 2.40. The maximum atomic E-state index is 10.6. The molecule has 94 valence electrons. The van der Waals surface area contributed by atoms with Gasteiger partial charge in [-0.05, 0) is 6.07 Å². The zero-order valence-corrected chi connectivity index (χ0v) is 11.7. The van der Waals surface area contributed by atoms with Crippen LogP contribution in [0.15, 0.2) is 34.1 Å². The van der Waals surface area contributed by atoms with Crippen molar-refractivity contribution in [1.29, 1.82) is 0 Å². The van der Waals surface area contributed by atoms with Crippen LogP contribution in [-0.4, -0.2) is 16.1 Å². The molecule has 1 atom stereocenters. The van der Waals surface area contributed by atoms with Crippen molar-refractivity contribution in [2.24, 2.45) is 5.73 Å². The Labute approximate surface area is 117 Å². The predicted octanol–water partition coefficient (Wildman–Crippen LogP) is 3.05. The quantitative estimate of drug-likeness (QED) is 0.905. The Morgan fingerprint density at radius 2 is 2.22 bits per heavy atom. The first-order chi connectivity index (χ1) is 8.58. The van der Waals surface area contributed by atoms with E-state index in [0.717, 1.165) is 15.0 Å². The molecule has 0 bridgehead atoms. The number of hydrogen-bond donors (Lipinski definition) is 2. The van der Waals surface area contributed by atoms with E-state index < -0.39 is 12.0 Å². The summed E-state index contributed by atoms with van der Waals surface area (Å²) in [6.07, 6.45) is -0.112. The van der Waals surface area contributed by atoms with Gasteiger partial charge in [0.2, 0.25) is 0 Å². The van der Waals surface area contributed by atoms with E-state index in [0.29, 0.717) is 5.69 Å². The first-order valence-electron chi connectivity index (χ1n) is 5.25. The van der Waals surface area contributed by atoms with E-state index in [9.17, 15) is 4.79 Å². The summed E-state index contributed by atoms with van der Waals surface area (Å²) in [6.45, 7) is 0. The van der Waals surface area contributed by atoms with Gasteiger partial charge in [-0.15, -0.1) is 11.3 Å². The third kappa shape index (κ3) is 2.95. The molecule has 0 amide bonds. The van der Waals surface area contributed by atoms with Crippen molar-refractivity contribution in [2.45, 2.75) is 12.5 Å². The van der Waals surface area contributed by atoms with Crippen LogP contribution in [0.4, 0.5) is 0 Å². The van der Waals surface area contributed by atoms with Gasteiger partial charge >= 0.3 is 5.97 Å². The number of thiazole rings is 1. The zero-order chi connectivity index (χ0) is 13.1. The highest BCUT2D eigenvalue weighted by molar-refractivity contribution is 9.10. The molecule has 1 heterocycles. The average molecular weight is 327 g/mol. The van der Waals surface area contributed by atoms with Crippen molar-refractivity contribution in [3.8, 4) is 10.6 Å². The molecular weight excluding hydrogens is 316 g/mol. The number of nitrogens with two attached hydrogens (primary N) is 1. The Balaban J connectivity index is 2.26. The van der Waals surface area contributed by atoms with Crippen molar-refractivity contribution in [2.75, 3.05) is 0 Å². The Morgan fingerprint density at radius 1 is 1.50 bits per heavy atom. The normalized spacial score (nSPS) is 12.3. The molecule has 0 aliphatic carbocycles. The number of rotatable bonds is 4. The lowest BCUT2D eigenvalue weighted by Gasteiger charge is -2.04. The van der Waals surface area contributed by atoms with Gasteiger partial charge in [-0.3, -0.25) is 4.79 Å². The van der Waals surface area contributed by atoms with Crippen molar-refractivity contribution in [3.05, 3.63) is 39.8 Å². The van der Waals surface area contributed by atoms with Crippen molar-refractivity contribution >= 4 is 33.2 Å². The van der Waals surface area contributed by atoms with Crippen molar-refractivity contribution in [1.82, 2.24) is 4.98 Å². The molecule has 1 aromatic heterocycles. The van der Waals surface area contributed by atoms with Gasteiger partial charge in [0, 0.05) is 15.4 Å². The highest BCUT2D eigenvalue weighted by atomic mass is 79.9. The van der Waals surface area contributed by atoms with Crippen LogP contribution in [0.3, 0.4) is 0 Å². The van der Waals surface area contributed by atoms with E-state index in [1.807, 2.05) is 29.6 Å². The van der Waals surface area contributed by atoms with Gasteiger partial charge in [-0.25, -0.2) is 4.98 Å². The molecule has 1 aromatic carbocycles. The molecule has 0 aliphatic rings. The number of carbonyl (C=O) groups is 1. The maximum absolute atomic E-state index is 10.6. The second-order valence-electron chi connectivity index (χ2n) is 3.76. The summed E-state index contributed by atoms with van der Waals surface area (Å²) in [5, 5.41) is 11.3. The van der Waals surface area contributed by atoms with E-state index in [4.69, 9.17) is 10.8 Å². The van der Waals surface area contributed by atoms with Crippen molar-refractivity contribution < 1.29 is 9.90 Å². The summed E-state index contributed by atoms with van der Waals surface area (Å²) in [5.74, 6) is -0.919. The van der Waals surface area contributed by atoms with Gasteiger partial charge < -0.3 is 10.8 Å². The van der Waals surface area contributed by atoms with E-state index >= 15 is 0 Å². The number of carboxylic acid groups (broad SMARTS) is 1. The number of carboxylic acids is 1. The molecule has 0 saturated heterocycles. The first kappa shape index (κ1) is 13.2. The minimum absolute atomic E-state index is 0.112. The fourth-order valence-corrected chi connectivity index (χ4v) is 3.03. The third-order valence-corrected chi connectivity index (χ3v) is 3.99. The largest absolute Gasteiger partial charge is 0.481 e. The van der Waals surface area contributed by atoms with Crippen LogP contribution in [-0.2, 0) is 4.79 Å². The molecule has 0 radical (unpaired) electrons. The number of aromatic nitrogens is 1. The predicted molar refractivity (Wildman–Crippen MR) is 74.4 cm³/mol. The van der Waals surface area contributed by atoms with Gasteiger partial charge in [0.25, 0.3) is 0 Å². The lowest BCUT2D eigenvalue weighted by Crippen LogP contribution is -2.15. The standard InChI is InChI=1S/C12H11BrN2O2S/c13-8-4-2-1-3-7(8)12-15-10(6-18-12)9(14)5-11(16)17/h1-4,6,9H,5,14H2,(H,16,17). The number of aliphatic carboxylic acids is 1. The van der Waals surface area contributed by atoms with E-state index in [2.05, 4.69) is 20.9 Å². The van der Waals surface area contributed by atoms with Crippen LogP contribution in [0.1, 0.15) is 18.2 Å². The molecule has 0 aliphatic heterocycles. The molecule has 2 rings (SSSR count). The molecule has 18 heavy (non-hydrogen) atoms. The Kier molecular flexibility index (Phi) is 4.11. The Bertz CT molecular complexity index is 571. The van der Waals surface area contributed by atoms with Crippen LogP contribution < -0.4 is 5.73 Å². The molecule has 3 N–H and O–H groups in total. The highest BCUT2D eigenvalue weighted by Crippen LogP contribution is 2.31. The van der Waals surface area contributed by atoms with Crippen molar-refractivity contribution in [3.63, 3.8) is 0 Å². The summed E-state index contributed by atoms with van der Waals surface area (Å²) in [4.78, 5) is 15.0. The minimum Gasteiger partial charge on any atom is -0.481 e.